The highest BCUT2D eigenvalue weighted by molar-refractivity contribution is 7.90. The molecule has 0 aliphatic rings. The van der Waals surface area contributed by atoms with Crippen LogP contribution >= 0.6 is 11.6 Å². The molecule has 1 atom stereocenters. The Bertz CT molecular complexity index is 1310. The van der Waals surface area contributed by atoms with E-state index in [1.807, 2.05) is 30.3 Å². The zero-order valence-corrected chi connectivity index (χ0v) is 18.2. The summed E-state index contributed by atoms with van der Waals surface area (Å²) in [5.74, 6) is -0.970. The molecule has 0 fully saturated rings. The molecule has 31 heavy (non-hydrogen) atoms. The van der Waals surface area contributed by atoms with Crippen LogP contribution in [0.1, 0.15) is 17.0 Å². The van der Waals surface area contributed by atoms with Gasteiger partial charge in [0.2, 0.25) is 5.91 Å². The Kier molecular flexibility index (Phi) is 5.80. The van der Waals surface area contributed by atoms with E-state index in [0.717, 1.165) is 11.8 Å². The van der Waals surface area contributed by atoms with Crippen LogP contribution in [0, 0.1) is 0 Å². The molecule has 0 radical (unpaired) electrons. The molecular weight excluding hydrogens is 436 g/mol. The van der Waals surface area contributed by atoms with E-state index in [1.165, 1.54) is 12.1 Å². The van der Waals surface area contributed by atoms with E-state index >= 15 is 0 Å². The maximum Gasteiger partial charge on any atom is 0.302 e. The van der Waals surface area contributed by atoms with Gasteiger partial charge in [0.05, 0.1) is 10.8 Å². The fraction of sp³-hybridized carbons (Fsp3) is 0.130. The van der Waals surface area contributed by atoms with Crippen molar-refractivity contribution in [2.45, 2.75) is 17.2 Å². The number of anilines is 1. The van der Waals surface area contributed by atoms with Crippen molar-refractivity contribution in [2.24, 2.45) is 0 Å². The maximum atomic E-state index is 13.2. The topological polar surface area (TPSA) is 89.3 Å². The third-order valence-electron chi connectivity index (χ3n) is 4.93. The number of sulfone groups is 1. The molecule has 1 unspecified atom stereocenters. The molecule has 1 aromatic heterocycles. The minimum absolute atomic E-state index is 0.100. The van der Waals surface area contributed by atoms with Crippen molar-refractivity contribution in [3.63, 3.8) is 0 Å². The van der Waals surface area contributed by atoms with E-state index in [0.29, 0.717) is 28.1 Å². The Morgan fingerprint density at radius 2 is 1.71 bits per heavy atom. The summed E-state index contributed by atoms with van der Waals surface area (Å²) in [7, 11) is -3.34. The standard InChI is InChI=1S/C23H19ClN2O4S/c1-31(28,29)17-12-10-15(11-13-17)18(14-16-6-2-3-7-19(16)24)22(27)26-23-25-20-8-4-5-9-21(20)30-23/h2-13,18H,14H2,1H3,(H,25,26,27). The van der Waals surface area contributed by atoms with Gasteiger partial charge in [0, 0.05) is 11.3 Å². The van der Waals surface area contributed by atoms with Crippen molar-refractivity contribution in [2.75, 3.05) is 11.6 Å². The van der Waals surface area contributed by atoms with Gasteiger partial charge in [-0.2, -0.15) is 4.98 Å². The molecule has 6 nitrogen and oxygen atoms in total. The van der Waals surface area contributed by atoms with Gasteiger partial charge < -0.3 is 4.42 Å². The van der Waals surface area contributed by atoms with Gasteiger partial charge in [0.15, 0.2) is 15.4 Å². The zero-order valence-electron chi connectivity index (χ0n) is 16.6. The first kappa shape index (κ1) is 21.1. The summed E-state index contributed by atoms with van der Waals surface area (Å²) in [4.78, 5) is 17.7. The number of hydrogen-bond donors (Lipinski definition) is 1. The Morgan fingerprint density at radius 3 is 2.39 bits per heavy atom. The number of fused-ring (bicyclic) bond motifs is 1. The van der Waals surface area contributed by atoms with E-state index in [4.69, 9.17) is 16.0 Å². The minimum Gasteiger partial charge on any atom is -0.423 e. The zero-order chi connectivity index (χ0) is 22.0. The van der Waals surface area contributed by atoms with Crippen molar-refractivity contribution in [3.8, 4) is 0 Å². The summed E-state index contributed by atoms with van der Waals surface area (Å²) in [5, 5.41) is 3.29. The van der Waals surface area contributed by atoms with E-state index in [-0.39, 0.29) is 16.8 Å². The molecule has 1 amide bonds. The lowest BCUT2D eigenvalue weighted by Gasteiger charge is -2.17. The highest BCUT2D eigenvalue weighted by Crippen LogP contribution is 2.28. The number of hydrogen-bond acceptors (Lipinski definition) is 5. The van der Waals surface area contributed by atoms with Crippen molar-refractivity contribution in [1.82, 2.24) is 4.98 Å². The molecule has 3 aromatic carbocycles. The molecule has 0 aliphatic heterocycles. The summed E-state index contributed by atoms with van der Waals surface area (Å²) in [5.41, 5.74) is 2.66. The fourth-order valence-electron chi connectivity index (χ4n) is 3.31. The van der Waals surface area contributed by atoms with Gasteiger partial charge in [-0.1, -0.05) is 54.1 Å². The van der Waals surface area contributed by atoms with Gasteiger partial charge in [-0.3, -0.25) is 10.1 Å². The first-order chi connectivity index (χ1) is 14.8. The highest BCUT2D eigenvalue weighted by Gasteiger charge is 2.24. The minimum atomic E-state index is -3.34. The second-order valence-corrected chi connectivity index (χ2v) is 9.59. The molecule has 1 heterocycles. The molecular formula is C23H19ClN2O4S. The van der Waals surface area contributed by atoms with Crippen LogP contribution in [0.15, 0.2) is 82.1 Å². The van der Waals surface area contributed by atoms with E-state index in [2.05, 4.69) is 10.3 Å². The van der Waals surface area contributed by atoms with Crippen LogP contribution < -0.4 is 5.32 Å². The van der Waals surface area contributed by atoms with Crippen molar-refractivity contribution < 1.29 is 17.6 Å². The number of para-hydroxylation sites is 2. The van der Waals surface area contributed by atoms with Crippen LogP contribution in [-0.4, -0.2) is 25.6 Å². The third kappa shape index (κ3) is 4.78. The number of rotatable bonds is 6. The Hall–Kier alpha value is -3.16. The lowest BCUT2D eigenvalue weighted by Crippen LogP contribution is -2.23. The average molecular weight is 455 g/mol. The second-order valence-electron chi connectivity index (χ2n) is 7.17. The first-order valence-electron chi connectivity index (χ1n) is 9.51. The van der Waals surface area contributed by atoms with Crippen LogP contribution in [0.2, 0.25) is 5.02 Å². The van der Waals surface area contributed by atoms with Crippen LogP contribution in [0.25, 0.3) is 11.1 Å². The summed E-state index contributed by atoms with van der Waals surface area (Å²) >= 11 is 6.32. The van der Waals surface area contributed by atoms with Gasteiger partial charge in [0.1, 0.15) is 5.52 Å². The van der Waals surface area contributed by atoms with Crippen LogP contribution in [0.3, 0.4) is 0 Å². The molecule has 0 spiro atoms. The first-order valence-corrected chi connectivity index (χ1v) is 11.8. The molecule has 0 saturated heterocycles. The van der Waals surface area contributed by atoms with Gasteiger partial charge >= 0.3 is 6.01 Å². The molecule has 0 saturated carbocycles. The largest absolute Gasteiger partial charge is 0.423 e. The number of nitrogens with zero attached hydrogens (tertiary/aromatic N) is 1. The number of nitrogens with one attached hydrogen (secondary N) is 1. The molecule has 8 heteroatoms. The Balaban J connectivity index is 1.67. The third-order valence-corrected chi connectivity index (χ3v) is 6.43. The molecule has 0 aliphatic carbocycles. The Morgan fingerprint density at radius 1 is 1.03 bits per heavy atom. The number of halogens is 1. The summed E-state index contributed by atoms with van der Waals surface area (Å²) < 4.78 is 29.2. The summed E-state index contributed by atoms with van der Waals surface area (Å²) in [6.45, 7) is 0. The molecule has 4 rings (SSSR count). The summed E-state index contributed by atoms with van der Waals surface area (Å²) in [6.07, 6.45) is 1.47. The molecule has 1 N–H and O–H groups in total. The normalized spacial score (nSPS) is 12.6. The molecule has 0 bridgehead atoms. The summed E-state index contributed by atoms with van der Waals surface area (Å²) in [6, 6.07) is 20.9. The van der Waals surface area contributed by atoms with Gasteiger partial charge in [-0.05, 0) is 47.9 Å². The van der Waals surface area contributed by atoms with E-state index in [9.17, 15) is 13.2 Å². The SMILES string of the molecule is CS(=O)(=O)c1ccc(C(Cc2ccccc2Cl)C(=O)Nc2nc3ccccc3o2)cc1. The van der Waals surface area contributed by atoms with Gasteiger partial charge in [0.25, 0.3) is 0 Å². The van der Waals surface area contributed by atoms with Crippen molar-refractivity contribution in [1.29, 1.82) is 0 Å². The Labute approximate surface area is 184 Å². The van der Waals surface area contributed by atoms with Crippen molar-refractivity contribution >= 4 is 44.5 Å². The number of aromatic nitrogens is 1. The van der Waals surface area contributed by atoms with E-state index < -0.39 is 15.8 Å². The number of oxazole rings is 1. The number of amides is 1. The predicted molar refractivity (Wildman–Crippen MR) is 120 cm³/mol. The lowest BCUT2D eigenvalue weighted by molar-refractivity contribution is -0.117. The van der Waals surface area contributed by atoms with Crippen LogP contribution in [0.4, 0.5) is 6.01 Å². The molecule has 158 valence electrons. The highest BCUT2D eigenvalue weighted by atomic mass is 35.5. The second kappa shape index (κ2) is 8.53. The van der Waals surface area contributed by atoms with Gasteiger partial charge in [-0.15, -0.1) is 0 Å². The predicted octanol–water partition coefficient (Wildman–Crippen LogP) is 4.85. The van der Waals surface area contributed by atoms with Gasteiger partial charge in [-0.25, -0.2) is 8.42 Å². The quantitative estimate of drug-likeness (QED) is 0.449. The molecule has 4 aromatic rings. The number of benzene rings is 3. The maximum absolute atomic E-state index is 13.2. The number of carbonyl (C=O) groups excluding carboxylic acids is 1. The van der Waals surface area contributed by atoms with E-state index in [1.54, 1.807) is 30.3 Å². The van der Waals surface area contributed by atoms with Crippen LogP contribution in [0.5, 0.6) is 0 Å². The smallest absolute Gasteiger partial charge is 0.302 e. The van der Waals surface area contributed by atoms with Crippen LogP contribution in [-0.2, 0) is 21.1 Å². The average Bonchev–Trinajstić information content (AvgIpc) is 3.15. The van der Waals surface area contributed by atoms with Crippen molar-refractivity contribution in [3.05, 3.63) is 88.9 Å². The lowest BCUT2D eigenvalue weighted by atomic mass is 9.91. The number of carbonyl (C=O) groups is 1. The fourth-order valence-corrected chi connectivity index (χ4v) is 4.15. The monoisotopic (exact) mass is 454 g/mol.